The molecule has 0 aliphatic carbocycles. The van der Waals surface area contributed by atoms with E-state index in [1.807, 2.05) is 42.5 Å². The van der Waals surface area contributed by atoms with E-state index in [2.05, 4.69) is 26.2 Å². The quantitative estimate of drug-likeness (QED) is 0.243. The largest absolute Gasteiger partial charge is 0.490 e. The number of aromatic nitrogens is 2. The number of carbonyl (C=O) groups is 2. The molecule has 0 aliphatic rings. The predicted octanol–water partition coefficient (Wildman–Crippen LogP) is 4.96. The third-order valence-corrected chi connectivity index (χ3v) is 7.01. The number of para-hydroxylation sites is 1. The van der Waals surface area contributed by atoms with Crippen molar-refractivity contribution in [2.75, 3.05) is 18.5 Å². The first-order valence-corrected chi connectivity index (χ1v) is 12.4. The number of carbonyl (C=O) groups excluding carboxylic acids is 2. The van der Waals surface area contributed by atoms with Gasteiger partial charge in [-0.3, -0.25) is 14.2 Å². The first-order chi connectivity index (χ1) is 16.8. The maximum absolute atomic E-state index is 13.2. The average Bonchev–Trinajstić information content (AvgIpc) is 3.20. The van der Waals surface area contributed by atoms with Crippen LogP contribution in [0.3, 0.4) is 0 Å². The molecule has 0 radical (unpaired) electrons. The second kappa shape index (κ2) is 10.8. The van der Waals surface area contributed by atoms with Gasteiger partial charge in [0, 0.05) is 10.2 Å². The SMILES string of the molecule is Cc1c(C(=O)OCCOc2ccccc2)sc2ncn(C(C)C(=O)Nc3ccc(Br)cc3)c(=O)c12. The van der Waals surface area contributed by atoms with Crippen molar-refractivity contribution < 1.29 is 19.1 Å². The fraction of sp³-hybridized carbons (Fsp3) is 0.200. The lowest BCUT2D eigenvalue weighted by Gasteiger charge is -2.15. The molecule has 0 saturated carbocycles. The van der Waals surface area contributed by atoms with E-state index >= 15 is 0 Å². The summed E-state index contributed by atoms with van der Waals surface area (Å²) in [5, 5.41) is 3.09. The van der Waals surface area contributed by atoms with Crippen molar-refractivity contribution in [2.45, 2.75) is 19.9 Å². The van der Waals surface area contributed by atoms with E-state index in [1.54, 1.807) is 26.0 Å². The molecular weight excluding hydrogens is 534 g/mol. The molecule has 4 rings (SSSR count). The predicted molar refractivity (Wildman–Crippen MR) is 138 cm³/mol. The number of thiophene rings is 1. The Hall–Kier alpha value is -3.50. The molecule has 8 nitrogen and oxygen atoms in total. The van der Waals surface area contributed by atoms with Crippen molar-refractivity contribution >= 4 is 55.0 Å². The van der Waals surface area contributed by atoms with Crippen molar-refractivity contribution in [3.8, 4) is 5.75 Å². The van der Waals surface area contributed by atoms with E-state index in [-0.39, 0.29) is 19.1 Å². The molecule has 0 aliphatic heterocycles. The second-order valence-electron chi connectivity index (χ2n) is 7.66. The van der Waals surface area contributed by atoms with Gasteiger partial charge in [-0.1, -0.05) is 34.1 Å². The Morgan fingerprint density at radius 2 is 1.83 bits per heavy atom. The molecular formula is C25H22BrN3O5S. The van der Waals surface area contributed by atoms with Gasteiger partial charge in [-0.15, -0.1) is 11.3 Å². The molecule has 0 fully saturated rings. The molecule has 35 heavy (non-hydrogen) atoms. The first kappa shape index (κ1) is 24.6. The fourth-order valence-electron chi connectivity index (χ4n) is 3.39. The molecule has 2 aromatic heterocycles. The Morgan fingerprint density at radius 1 is 1.11 bits per heavy atom. The van der Waals surface area contributed by atoms with E-state index in [9.17, 15) is 14.4 Å². The van der Waals surface area contributed by atoms with Crippen LogP contribution in [0.2, 0.25) is 0 Å². The molecule has 1 N–H and O–H groups in total. The zero-order chi connectivity index (χ0) is 24.9. The van der Waals surface area contributed by atoms with Crippen molar-refractivity contribution in [1.82, 2.24) is 9.55 Å². The van der Waals surface area contributed by atoms with Gasteiger partial charge in [0.05, 0.1) is 11.7 Å². The third kappa shape index (κ3) is 5.60. The maximum atomic E-state index is 13.2. The lowest BCUT2D eigenvalue weighted by Crippen LogP contribution is -2.31. The van der Waals surface area contributed by atoms with E-state index in [1.165, 1.54) is 10.9 Å². The smallest absolute Gasteiger partial charge is 0.348 e. The van der Waals surface area contributed by atoms with Crippen LogP contribution in [0.15, 0.2) is 70.2 Å². The summed E-state index contributed by atoms with van der Waals surface area (Å²) in [6.45, 7) is 3.56. The molecule has 0 saturated heterocycles. The number of ether oxygens (including phenoxy) is 2. The number of nitrogens with zero attached hydrogens (tertiary/aromatic N) is 2. The fourth-order valence-corrected chi connectivity index (χ4v) is 4.69. The van der Waals surface area contributed by atoms with E-state index in [0.29, 0.717) is 32.1 Å². The second-order valence-corrected chi connectivity index (χ2v) is 9.58. The van der Waals surface area contributed by atoms with Crippen molar-refractivity contribution in [2.24, 2.45) is 0 Å². The number of fused-ring (bicyclic) bond motifs is 1. The first-order valence-electron chi connectivity index (χ1n) is 10.8. The van der Waals surface area contributed by atoms with Crippen LogP contribution in [0.5, 0.6) is 5.75 Å². The number of rotatable bonds is 8. The summed E-state index contributed by atoms with van der Waals surface area (Å²) in [5.41, 5.74) is 0.695. The number of benzene rings is 2. The summed E-state index contributed by atoms with van der Waals surface area (Å²) in [6, 6.07) is 15.5. The third-order valence-electron chi connectivity index (χ3n) is 5.30. The Labute approximate surface area is 213 Å². The zero-order valence-corrected chi connectivity index (χ0v) is 21.4. The number of aryl methyl sites for hydroxylation is 1. The minimum atomic E-state index is -0.812. The summed E-state index contributed by atoms with van der Waals surface area (Å²) < 4.78 is 13.0. The minimum Gasteiger partial charge on any atom is -0.490 e. The van der Waals surface area contributed by atoms with Crippen LogP contribution >= 0.6 is 27.3 Å². The Balaban J connectivity index is 1.47. The van der Waals surface area contributed by atoms with Crippen LogP contribution in [-0.4, -0.2) is 34.6 Å². The van der Waals surface area contributed by atoms with Crippen molar-refractivity contribution in [3.63, 3.8) is 0 Å². The molecule has 2 heterocycles. The highest BCUT2D eigenvalue weighted by molar-refractivity contribution is 9.10. The average molecular weight is 556 g/mol. The monoisotopic (exact) mass is 555 g/mol. The molecule has 0 spiro atoms. The highest BCUT2D eigenvalue weighted by Crippen LogP contribution is 2.28. The zero-order valence-electron chi connectivity index (χ0n) is 19.0. The van der Waals surface area contributed by atoms with Crippen LogP contribution in [0.1, 0.15) is 28.2 Å². The van der Waals surface area contributed by atoms with Gasteiger partial charge in [0.15, 0.2) is 0 Å². The number of halogens is 1. The summed E-state index contributed by atoms with van der Waals surface area (Å²) >= 11 is 4.44. The number of amides is 1. The van der Waals surface area contributed by atoms with Gasteiger partial charge in [0.25, 0.3) is 5.56 Å². The molecule has 1 unspecified atom stereocenters. The Kier molecular flexibility index (Phi) is 7.62. The molecule has 10 heteroatoms. The minimum absolute atomic E-state index is 0.0618. The number of hydrogen-bond donors (Lipinski definition) is 1. The molecule has 2 aromatic carbocycles. The van der Waals surface area contributed by atoms with Crippen LogP contribution in [0.4, 0.5) is 5.69 Å². The highest BCUT2D eigenvalue weighted by Gasteiger charge is 2.23. The molecule has 180 valence electrons. The van der Waals surface area contributed by atoms with Crippen molar-refractivity contribution in [1.29, 1.82) is 0 Å². The molecule has 0 bridgehead atoms. The van der Waals surface area contributed by atoms with Crippen LogP contribution in [0.25, 0.3) is 10.2 Å². The van der Waals surface area contributed by atoms with Gasteiger partial charge in [-0.2, -0.15) is 0 Å². The molecule has 1 atom stereocenters. The topological polar surface area (TPSA) is 99.5 Å². The van der Waals surface area contributed by atoms with Gasteiger partial charge in [0.1, 0.15) is 34.7 Å². The van der Waals surface area contributed by atoms with Gasteiger partial charge in [-0.05, 0) is 55.8 Å². The lowest BCUT2D eigenvalue weighted by atomic mass is 10.2. The van der Waals surface area contributed by atoms with Gasteiger partial charge >= 0.3 is 5.97 Å². The number of anilines is 1. The van der Waals surface area contributed by atoms with Crippen LogP contribution < -0.4 is 15.6 Å². The summed E-state index contributed by atoms with van der Waals surface area (Å²) in [6.07, 6.45) is 1.33. The van der Waals surface area contributed by atoms with E-state index < -0.39 is 17.6 Å². The number of esters is 1. The van der Waals surface area contributed by atoms with Crippen molar-refractivity contribution in [3.05, 3.63) is 86.2 Å². The molecule has 4 aromatic rings. The summed E-state index contributed by atoms with van der Waals surface area (Å²) in [4.78, 5) is 43.6. The standard InChI is InChI=1S/C25H22BrN3O5S/c1-15-20-23(35-21(15)25(32)34-13-12-33-19-6-4-3-5-7-19)27-14-29(24(20)31)16(2)22(30)28-18-10-8-17(26)9-11-18/h3-11,14,16H,12-13H2,1-2H3,(H,28,30). The van der Waals surface area contributed by atoms with Gasteiger partial charge in [-0.25, -0.2) is 9.78 Å². The molecule has 1 amide bonds. The van der Waals surface area contributed by atoms with E-state index in [0.717, 1.165) is 15.8 Å². The normalized spacial score (nSPS) is 11.7. The highest BCUT2D eigenvalue weighted by atomic mass is 79.9. The summed E-state index contributed by atoms with van der Waals surface area (Å²) in [5.74, 6) is -0.222. The van der Waals surface area contributed by atoms with E-state index in [4.69, 9.17) is 9.47 Å². The lowest BCUT2D eigenvalue weighted by molar-refractivity contribution is -0.118. The maximum Gasteiger partial charge on any atom is 0.348 e. The number of hydrogen-bond acceptors (Lipinski definition) is 7. The Bertz CT molecular complexity index is 1420. The van der Waals surface area contributed by atoms with Crippen LogP contribution in [0, 0.1) is 6.92 Å². The van der Waals surface area contributed by atoms with Crippen LogP contribution in [-0.2, 0) is 9.53 Å². The number of nitrogens with one attached hydrogen (secondary N) is 1. The van der Waals surface area contributed by atoms with Gasteiger partial charge in [0.2, 0.25) is 5.91 Å². The summed E-state index contributed by atoms with van der Waals surface area (Å²) in [7, 11) is 0. The Morgan fingerprint density at radius 3 is 2.54 bits per heavy atom. The van der Waals surface area contributed by atoms with Gasteiger partial charge < -0.3 is 14.8 Å².